The summed E-state index contributed by atoms with van der Waals surface area (Å²) in [5.41, 5.74) is 1.64. The molecule has 0 radical (unpaired) electrons. The van der Waals surface area contributed by atoms with Crippen LogP contribution < -0.4 is 16.0 Å². The normalized spacial score (nSPS) is 22.3. The number of hydrogen-bond acceptors (Lipinski definition) is 4. The molecule has 2 aliphatic rings. The Morgan fingerprint density at radius 3 is 2.45 bits per heavy atom. The second-order valence-corrected chi connectivity index (χ2v) is 13.0. The number of halogens is 4. The summed E-state index contributed by atoms with van der Waals surface area (Å²) in [4.78, 5) is 20.7. The van der Waals surface area contributed by atoms with E-state index in [-0.39, 0.29) is 28.0 Å². The number of benzene rings is 1. The predicted octanol–water partition coefficient (Wildman–Crippen LogP) is 7.63. The molecule has 4 atom stereocenters. The zero-order chi connectivity index (χ0) is 31.7. The van der Waals surface area contributed by atoms with E-state index in [9.17, 15) is 23.5 Å². The Bertz CT molecular complexity index is 1050. The fourth-order valence-electron chi connectivity index (χ4n) is 4.79. The molecule has 2 amide bonds. The number of nitrogens with one attached hydrogen (secondary N) is 3. The van der Waals surface area contributed by atoms with Gasteiger partial charge in [0.1, 0.15) is 11.6 Å². The van der Waals surface area contributed by atoms with Gasteiger partial charge < -0.3 is 21.1 Å². The SMILES string of the molecule is C=C/C(Cl)=C(F)\C=C/C[C@H]1CNC[C@H]1c1cc(F)c(Cl)cc1NC=O.CC(C)(C)C.O=CNCCCC1CC[C@H](O)C1. The molecular formula is C32H47Cl2F2N3O3. The van der Waals surface area contributed by atoms with Crippen LogP contribution in [0.25, 0.3) is 0 Å². The lowest BCUT2D eigenvalue weighted by Gasteiger charge is -2.21. The van der Waals surface area contributed by atoms with E-state index in [0.717, 1.165) is 45.1 Å². The number of aliphatic hydroxyl groups is 1. The molecule has 0 spiro atoms. The number of allylic oxidation sites excluding steroid dienone is 5. The Balaban J connectivity index is 0.000000428. The van der Waals surface area contributed by atoms with Crippen LogP contribution in [-0.4, -0.2) is 43.7 Å². The van der Waals surface area contributed by atoms with Gasteiger partial charge in [0, 0.05) is 24.7 Å². The summed E-state index contributed by atoms with van der Waals surface area (Å²) in [5.74, 6) is -0.338. The van der Waals surface area contributed by atoms with Gasteiger partial charge in [-0.1, -0.05) is 63.6 Å². The van der Waals surface area contributed by atoms with Crippen LogP contribution in [-0.2, 0) is 9.59 Å². The molecule has 1 aliphatic heterocycles. The lowest BCUT2D eigenvalue weighted by Crippen LogP contribution is -2.13. The molecule has 1 unspecified atom stereocenters. The zero-order valence-electron chi connectivity index (χ0n) is 25.2. The van der Waals surface area contributed by atoms with E-state index in [2.05, 4.69) is 50.2 Å². The van der Waals surface area contributed by atoms with E-state index in [4.69, 9.17) is 23.2 Å². The predicted molar refractivity (Wildman–Crippen MR) is 170 cm³/mol. The number of aliphatic hydroxyl groups excluding tert-OH is 1. The van der Waals surface area contributed by atoms with Crippen molar-refractivity contribution in [2.24, 2.45) is 17.3 Å². The van der Waals surface area contributed by atoms with Gasteiger partial charge in [-0.25, -0.2) is 8.78 Å². The molecule has 42 heavy (non-hydrogen) atoms. The number of anilines is 1. The van der Waals surface area contributed by atoms with Crippen LogP contribution in [0.3, 0.4) is 0 Å². The van der Waals surface area contributed by atoms with Crippen LogP contribution in [0.15, 0.2) is 47.8 Å². The Morgan fingerprint density at radius 2 is 1.88 bits per heavy atom. The third-order valence-electron chi connectivity index (χ3n) is 6.69. The Hall–Kier alpha value is -2.26. The number of carbonyl (C=O) groups is 2. The van der Waals surface area contributed by atoms with Gasteiger partial charge in [-0.15, -0.1) is 0 Å². The Morgan fingerprint density at radius 1 is 1.19 bits per heavy atom. The molecule has 2 fully saturated rings. The average molecular weight is 631 g/mol. The maximum absolute atomic E-state index is 13.9. The molecule has 1 saturated carbocycles. The summed E-state index contributed by atoms with van der Waals surface area (Å²) in [6.45, 7) is 14.2. The monoisotopic (exact) mass is 629 g/mol. The third-order valence-corrected chi connectivity index (χ3v) is 7.31. The van der Waals surface area contributed by atoms with Gasteiger partial charge in [0.2, 0.25) is 12.8 Å². The lowest BCUT2D eigenvalue weighted by atomic mass is 9.85. The van der Waals surface area contributed by atoms with Crippen molar-refractivity contribution in [3.05, 3.63) is 64.2 Å². The molecule has 1 saturated heterocycles. The maximum Gasteiger partial charge on any atom is 0.211 e. The van der Waals surface area contributed by atoms with Crippen molar-refractivity contribution in [3.8, 4) is 0 Å². The van der Waals surface area contributed by atoms with Gasteiger partial charge in [0.25, 0.3) is 0 Å². The van der Waals surface area contributed by atoms with Gasteiger partial charge in [0.15, 0.2) is 0 Å². The maximum atomic E-state index is 13.9. The Labute approximate surface area is 260 Å². The highest BCUT2D eigenvalue weighted by atomic mass is 35.5. The van der Waals surface area contributed by atoms with Crippen molar-refractivity contribution in [1.82, 2.24) is 10.6 Å². The largest absolute Gasteiger partial charge is 0.393 e. The highest BCUT2D eigenvalue weighted by Gasteiger charge is 2.30. The van der Waals surface area contributed by atoms with Gasteiger partial charge in [0.05, 0.1) is 16.2 Å². The molecule has 0 aromatic heterocycles. The molecule has 236 valence electrons. The van der Waals surface area contributed by atoms with Crippen molar-refractivity contribution in [3.63, 3.8) is 0 Å². The molecule has 1 aliphatic carbocycles. The Kier molecular flexibility index (Phi) is 17.8. The fraction of sp³-hybridized carbons (Fsp3) is 0.562. The van der Waals surface area contributed by atoms with Crippen LogP contribution in [0, 0.1) is 23.1 Å². The van der Waals surface area contributed by atoms with Gasteiger partial charge in [-0.2, -0.15) is 0 Å². The van der Waals surface area contributed by atoms with Crippen LogP contribution in [0.2, 0.25) is 5.02 Å². The first-order valence-corrected chi connectivity index (χ1v) is 15.1. The molecule has 0 bridgehead atoms. The molecule has 4 N–H and O–H groups in total. The molecule has 1 aromatic carbocycles. The average Bonchev–Trinajstić information content (AvgIpc) is 3.56. The van der Waals surface area contributed by atoms with E-state index < -0.39 is 11.6 Å². The van der Waals surface area contributed by atoms with Crippen LogP contribution in [0.4, 0.5) is 14.5 Å². The summed E-state index contributed by atoms with van der Waals surface area (Å²) >= 11 is 11.5. The summed E-state index contributed by atoms with van der Waals surface area (Å²) < 4.78 is 27.5. The van der Waals surface area contributed by atoms with E-state index in [1.54, 1.807) is 6.08 Å². The van der Waals surface area contributed by atoms with Crippen molar-refractivity contribution in [2.45, 2.75) is 78.2 Å². The third kappa shape index (κ3) is 15.3. The number of carbonyl (C=O) groups excluding carboxylic acids is 2. The molecule has 6 nitrogen and oxygen atoms in total. The first kappa shape index (κ1) is 37.8. The minimum absolute atomic E-state index is 0.0409. The second kappa shape index (κ2) is 19.8. The minimum Gasteiger partial charge on any atom is -0.393 e. The van der Waals surface area contributed by atoms with Gasteiger partial charge in [-0.3, -0.25) is 9.59 Å². The van der Waals surface area contributed by atoms with Crippen LogP contribution >= 0.6 is 23.2 Å². The van der Waals surface area contributed by atoms with E-state index in [1.807, 2.05) is 0 Å². The van der Waals surface area contributed by atoms with Gasteiger partial charge >= 0.3 is 0 Å². The first-order valence-electron chi connectivity index (χ1n) is 14.4. The fourth-order valence-corrected chi connectivity index (χ4v) is 5.01. The smallest absolute Gasteiger partial charge is 0.211 e. The van der Waals surface area contributed by atoms with E-state index in [1.165, 1.54) is 24.3 Å². The second-order valence-electron chi connectivity index (χ2n) is 12.2. The van der Waals surface area contributed by atoms with Crippen LogP contribution in [0.5, 0.6) is 0 Å². The van der Waals surface area contributed by atoms with Crippen LogP contribution in [0.1, 0.15) is 77.7 Å². The summed E-state index contributed by atoms with van der Waals surface area (Å²) in [6, 6.07) is 2.75. The summed E-state index contributed by atoms with van der Waals surface area (Å²) in [5, 5.41) is 17.6. The summed E-state index contributed by atoms with van der Waals surface area (Å²) in [7, 11) is 0. The minimum atomic E-state index is -0.556. The number of rotatable bonds is 12. The van der Waals surface area contributed by atoms with Crippen molar-refractivity contribution in [2.75, 3.05) is 25.0 Å². The van der Waals surface area contributed by atoms with Crippen molar-refractivity contribution >= 4 is 41.7 Å². The topological polar surface area (TPSA) is 90.5 Å². The molecule has 1 heterocycles. The quantitative estimate of drug-likeness (QED) is 0.109. The molecule has 1 aromatic rings. The van der Waals surface area contributed by atoms with Crippen molar-refractivity contribution < 1.29 is 23.5 Å². The van der Waals surface area contributed by atoms with Crippen molar-refractivity contribution in [1.29, 1.82) is 0 Å². The van der Waals surface area contributed by atoms with E-state index in [0.29, 0.717) is 48.5 Å². The lowest BCUT2D eigenvalue weighted by molar-refractivity contribution is -0.109. The highest BCUT2D eigenvalue weighted by Crippen LogP contribution is 2.37. The molecule has 3 rings (SSSR count). The standard InChI is InChI=1S/C18H18Cl2F2N2O.C9H17NO2.C5H12/c1-2-14(19)16(21)5-3-4-11-8-23-9-13(11)12-6-17(22)15(20)7-18(12)24-10-25;11-7-10-5-1-2-8-3-4-9(12)6-8;1-5(2,3)4/h2-3,5-7,10-11,13,23H,1,4,8-9H2,(H,24,25);7-9,12H,1-6H2,(H,10,11);1-4H3/b5-3-,16-14-;;/t11-,13+;8?,9-;/m00./s1. The first-order chi connectivity index (χ1) is 19.8. The number of amides is 2. The summed E-state index contributed by atoms with van der Waals surface area (Å²) in [6.07, 6.45) is 11.2. The molecule has 10 heteroatoms. The zero-order valence-corrected chi connectivity index (χ0v) is 26.7. The highest BCUT2D eigenvalue weighted by molar-refractivity contribution is 6.31. The van der Waals surface area contributed by atoms with E-state index >= 15 is 0 Å². The number of hydrogen-bond donors (Lipinski definition) is 4. The van der Waals surface area contributed by atoms with Gasteiger partial charge in [-0.05, 0) is 92.2 Å². The molecular weight excluding hydrogens is 583 g/mol.